The lowest BCUT2D eigenvalue weighted by Crippen LogP contribution is -2.30. The number of benzene rings is 1. The minimum Gasteiger partial charge on any atom is -0.352 e. The number of amides is 1. The summed E-state index contributed by atoms with van der Waals surface area (Å²) in [6.45, 7) is 6.07. The summed E-state index contributed by atoms with van der Waals surface area (Å²) in [5.74, 6) is 0.0139. The van der Waals surface area contributed by atoms with Gasteiger partial charge in [0.25, 0.3) is 0 Å². The summed E-state index contributed by atoms with van der Waals surface area (Å²) in [5.41, 5.74) is 0.779. The zero-order valence-corrected chi connectivity index (χ0v) is 15.8. The number of carbonyl (C=O) groups is 1. The minimum atomic E-state index is -3.51. The van der Waals surface area contributed by atoms with E-state index in [0.29, 0.717) is 13.0 Å². The first-order chi connectivity index (χ1) is 11.3. The molecule has 1 rings (SSSR count). The molecule has 0 saturated carbocycles. The third kappa shape index (κ3) is 7.93. The van der Waals surface area contributed by atoms with E-state index in [-0.39, 0.29) is 16.8 Å². The van der Waals surface area contributed by atoms with Crippen LogP contribution in [0.15, 0.2) is 29.2 Å². The summed E-state index contributed by atoms with van der Waals surface area (Å²) in [6.07, 6.45) is 6.09. The van der Waals surface area contributed by atoms with Crippen LogP contribution in [0.2, 0.25) is 0 Å². The lowest BCUT2D eigenvalue weighted by atomic mass is 10.1. The van der Waals surface area contributed by atoms with Crippen molar-refractivity contribution in [3.8, 4) is 0 Å². The van der Waals surface area contributed by atoms with Crippen molar-refractivity contribution < 1.29 is 13.2 Å². The van der Waals surface area contributed by atoms with Crippen LogP contribution in [0.5, 0.6) is 0 Å². The molecule has 2 N–H and O–H groups in total. The number of nitrogens with one attached hydrogen (secondary N) is 2. The van der Waals surface area contributed by atoms with E-state index in [0.717, 1.165) is 18.4 Å². The van der Waals surface area contributed by atoms with Crippen LogP contribution in [0.3, 0.4) is 0 Å². The zero-order chi connectivity index (χ0) is 18.0. The van der Waals surface area contributed by atoms with E-state index < -0.39 is 10.0 Å². The maximum absolute atomic E-state index is 12.2. The largest absolute Gasteiger partial charge is 0.352 e. The zero-order valence-electron chi connectivity index (χ0n) is 15.0. The predicted molar refractivity (Wildman–Crippen MR) is 97.1 cm³/mol. The summed E-state index contributed by atoms with van der Waals surface area (Å²) in [6, 6.07) is 6.51. The van der Waals surface area contributed by atoms with Crippen molar-refractivity contribution in [3.63, 3.8) is 0 Å². The van der Waals surface area contributed by atoms with Gasteiger partial charge in [0.15, 0.2) is 0 Å². The van der Waals surface area contributed by atoms with E-state index >= 15 is 0 Å². The highest BCUT2D eigenvalue weighted by Crippen LogP contribution is 2.12. The lowest BCUT2D eigenvalue weighted by molar-refractivity contribution is -0.121. The van der Waals surface area contributed by atoms with Gasteiger partial charge in [0.2, 0.25) is 15.9 Å². The standard InChI is InChI=1S/C18H30N2O3S/c1-4-5-6-7-8-12-18(21)19-14-16-10-9-11-17(13-16)24(22,23)20-15(2)3/h9-11,13,15,20H,4-8,12,14H2,1-3H3,(H,19,21). The topological polar surface area (TPSA) is 75.3 Å². The van der Waals surface area contributed by atoms with Crippen LogP contribution in [-0.4, -0.2) is 20.4 Å². The maximum Gasteiger partial charge on any atom is 0.240 e. The molecule has 0 aliphatic rings. The number of unbranched alkanes of at least 4 members (excludes halogenated alkanes) is 4. The van der Waals surface area contributed by atoms with Crippen molar-refractivity contribution in [3.05, 3.63) is 29.8 Å². The quantitative estimate of drug-likeness (QED) is 0.598. The third-order valence-electron chi connectivity index (χ3n) is 3.60. The van der Waals surface area contributed by atoms with Crippen LogP contribution in [0, 0.1) is 0 Å². The Morgan fingerprint density at radius 3 is 2.50 bits per heavy atom. The molecule has 0 radical (unpaired) electrons. The lowest BCUT2D eigenvalue weighted by Gasteiger charge is -2.11. The Hall–Kier alpha value is -1.40. The van der Waals surface area contributed by atoms with Gasteiger partial charge in [-0.1, -0.05) is 44.7 Å². The van der Waals surface area contributed by atoms with Gasteiger partial charge in [-0.05, 0) is 38.0 Å². The Bertz CT molecular complexity index is 612. The van der Waals surface area contributed by atoms with Crippen LogP contribution in [0.4, 0.5) is 0 Å². The summed E-state index contributed by atoms with van der Waals surface area (Å²) in [4.78, 5) is 12.1. The van der Waals surface area contributed by atoms with Crippen LogP contribution < -0.4 is 10.0 Å². The van der Waals surface area contributed by atoms with Gasteiger partial charge in [-0.15, -0.1) is 0 Å². The van der Waals surface area contributed by atoms with E-state index in [1.807, 2.05) is 6.07 Å². The molecule has 0 unspecified atom stereocenters. The van der Waals surface area contributed by atoms with Crippen molar-refractivity contribution in [1.29, 1.82) is 0 Å². The van der Waals surface area contributed by atoms with Crippen LogP contribution in [0.25, 0.3) is 0 Å². The SMILES string of the molecule is CCCCCCCC(=O)NCc1cccc(S(=O)(=O)NC(C)C)c1. The first-order valence-corrected chi connectivity index (χ1v) is 10.2. The fourth-order valence-electron chi connectivity index (χ4n) is 2.38. The second kappa shape index (κ2) is 10.5. The molecule has 0 atom stereocenters. The second-order valence-corrected chi connectivity index (χ2v) is 8.08. The minimum absolute atomic E-state index is 0.0139. The van der Waals surface area contributed by atoms with Crippen molar-refractivity contribution >= 4 is 15.9 Å². The van der Waals surface area contributed by atoms with E-state index in [9.17, 15) is 13.2 Å². The molecule has 1 amide bonds. The van der Waals surface area contributed by atoms with Crippen LogP contribution >= 0.6 is 0 Å². The van der Waals surface area contributed by atoms with Gasteiger partial charge in [0, 0.05) is 19.0 Å². The molecule has 0 spiro atoms. The highest BCUT2D eigenvalue weighted by atomic mass is 32.2. The second-order valence-electron chi connectivity index (χ2n) is 6.36. The molecule has 1 aromatic carbocycles. The van der Waals surface area contributed by atoms with Crippen molar-refractivity contribution in [2.45, 2.75) is 76.8 Å². The molecule has 0 aliphatic heterocycles. The molecule has 0 fully saturated rings. The first-order valence-electron chi connectivity index (χ1n) is 8.73. The highest BCUT2D eigenvalue weighted by Gasteiger charge is 2.15. The van der Waals surface area contributed by atoms with Gasteiger partial charge >= 0.3 is 0 Å². The normalized spacial score (nSPS) is 11.7. The third-order valence-corrected chi connectivity index (χ3v) is 5.25. The Balaban J connectivity index is 2.49. The molecule has 6 heteroatoms. The first kappa shape index (κ1) is 20.6. The number of hydrogen-bond donors (Lipinski definition) is 2. The Morgan fingerprint density at radius 2 is 1.83 bits per heavy atom. The molecule has 136 valence electrons. The molecular formula is C18H30N2O3S. The molecule has 5 nitrogen and oxygen atoms in total. The van der Waals surface area contributed by atoms with Crippen LogP contribution in [-0.2, 0) is 21.4 Å². The van der Waals surface area contributed by atoms with Gasteiger partial charge in [-0.25, -0.2) is 13.1 Å². The maximum atomic E-state index is 12.2. The van der Waals surface area contributed by atoms with Crippen molar-refractivity contribution in [2.75, 3.05) is 0 Å². The molecule has 1 aromatic rings. The number of rotatable bonds is 11. The Morgan fingerprint density at radius 1 is 1.12 bits per heavy atom. The van der Waals surface area contributed by atoms with E-state index in [2.05, 4.69) is 17.0 Å². The van der Waals surface area contributed by atoms with E-state index in [4.69, 9.17) is 0 Å². The van der Waals surface area contributed by atoms with Gasteiger partial charge in [0.05, 0.1) is 4.90 Å². The molecule has 0 heterocycles. The monoisotopic (exact) mass is 354 g/mol. The summed E-state index contributed by atoms with van der Waals surface area (Å²) in [5, 5.41) is 2.86. The number of sulfonamides is 1. The van der Waals surface area contributed by atoms with Crippen molar-refractivity contribution in [2.24, 2.45) is 0 Å². The average molecular weight is 355 g/mol. The Kier molecular flexibility index (Phi) is 9.00. The highest BCUT2D eigenvalue weighted by molar-refractivity contribution is 7.89. The Labute approximate surface area is 146 Å². The fourth-order valence-corrected chi connectivity index (χ4v) is 3.70. The molecule has 0 bridgehead atoms. The van der Waals surface area contributed by atoms with E-state index in [1.54, 1.807) is 32.0 Å². The predicted octanol–water partition coefficient (Wildman–Crippen LogP) is 3.35. The molecule has 0 saturated heterocycles. The van der Waals surface area contributed by atoms with Gasteiger partial charge in [-0.2, -0.15) is 0 Å². The summed E-state index contributed by atoms with van der Waals surface area (Å²) < 4.78 is 26.9. The van der Waals surface area contributed by atoms with Gasteiger partial charge in [-0.3, -0.25) is 4.79 Å². The molecular weight excluding hydrogens is 324 g/mol. The van der Waals surface area contributed by atoms with Crippen molar-refractivity contribution in [1.82, 2.24) is 10.0 Å². The van der Waals surface area contributed by atoms with Gasteiger partial charge in [0.1, 0.15) is 0 Å². The average Bonchev–Trinajstić information content (AvgIpc) is 2.52. The van der Waals surface area contributed by atoms with Gasteiger partial charge < -0.3 is 5.32 Å². The van der Waals surface area contributed by atoms with Crippen LogP contribution in [0.1, 0.15) is 64.9 Å². The number of carbonyl (C=O) groups excluding carboxylic acids is 1. The summed E-state index contributed by atoms with van der Waals surface area (Å²) >= 11 is 0. The fraction of sp³-hybridized carbons (Fsp3) is 0.611. The smallest absolute Gasteiger partial charge is 0.240 e. The molecule has 0 aliphatic carbocycles. The number of hydrogen-bond acceptors (Lipinski definition) is 3. The van der Waals surface area contributed by atoms with E-state index in [1.165, 1.54) is 19.3 Å². The molecule has 24 heavy (non-hydrogen) atoms. The summed E-state index contributed by atoms with van der Waals surface area (Å²) in [7, 11) is -3.51. The molecule has 0 aromatic heterocycles.